The van der Waals surface area contributed by atoms with Crippen molar-refractivity contribution in [3.63, 3.8) is 0 Å². The molecule has 0 aliphatic carbocycles. The zero-order valence-electron chi connectivity index (χ0n) is 10.1. The van der Waals surface area contributed by atoms with Crippen LogP contribution in [0.2, 0.25) is 0 Å². The van der Waals surface area contributed by atoms with Crippen LogP contribution in [0.15, 0.2) is 42.5 Å². The monoisotopic (exact) mass is 224 g/mol. The standard InChI is InChI=1S/C16H16O/c1-3-6-12-8-5-9-15-14(12)11-10-13(7-4-2)16(15)17/h3-11,17H,1-2H3. The third-order valence-electron chi connectivity index (χ3n) is 2.79. The molecule has 0 spiro atoms. The predicted molar refractivity (Wildman–Crippen MR) is 75.0 cm³/mol. The number of phenols is 1. The maximum Gasteiger partial charge on any atom is 0.130 e. The summed E-state index contributed by atoms with van der Waals surface area (Å²) in [5.41, 5.74) is 1.99. The maximum atomic E-state index is 10.2. The molecule has 0 bridgehead atoms. The van der Waals surface area contributed by atoms with Crippen molar-refractivity contribution in [1.29, 1.82) is 0 Å². The highest BCUT2D eigenvalue weighted by Gasteiger charge is 2.05. The average molecular weight is 224 g/mol. The molecule has 1 N–H and O–H groups in total. The molecule has 0 aliphatic heterocycles. The number of fused-ring (bicyclic) bond motifs is 1. The quantitative estimate of drug-likeness (QED) is 0.789. The fourth-order valence-corrected chi connectivity index (χ4v) is 2.02. The van der Waals surface area contributed by atoms with Crippen molar-refractivity contribution in [1.82, 2.24) is 0 Å². The Morgan fingerprint density at radius 2 is 1.53 bits per heavy atom. The van der Waals surface area contributed by atoms with Crippen LogP contribution in [-0.2, 0) is 0 Å². The molecule has 0 fully saturated rings. The second kappa shape index (κ2) is 4.88. The molecule has 2 aromatic carbocycles. The molecule has 2 aromatic rings. The first-order valence-electron chi connectivity index (χ1n) is 5.78. The highest BCUT2D eigenvalue weighted by atomic mass is 16.3. The summed E-state index contributed by atoms with van der Waals surface area (Å²) in [5.74, 6) is 0.354. The molecular weight excluding hydrogens is 208 g/mol. The maximum absolute atomic E-state index is 10.2. The van der Waals surface area contributed by atoms with Gasteiger partial charge < -0.3 is 5.11 Å². The van der Waals surface area contributed by atoms with E-state index in [2.05, 4.69) is 18.2 Å². The van der Waals surface area contributed by atoms with E-state index in [0.29, 0.717) is 5.75 Å². The lowest BCUT2D eigenvalue weighted by Crippen LogP contribution is -1.82. The van der Waals surface area contributed by atoms with Gasteiger partial charge in [0.1, 0.15) is 5.75 Å². The summed E-state index contributed by atoms with van der Waals surface area (Å²) < 4.78 is 0. The molecule has 0 heterocycles. The van der Waals surface area contributed by atoms with Gasteiger partial charge >= 0.3 is 0 Å². The smallest absolute Gasteiger partial charge is 0.130 e. The third-order valence-corrected chi connectivity index (χ3v) is 2.79. The number of aromatic hydroxyl groups is 1. The van der Waals surface area contributed by atoms with Crippen molar-refractivity contribution in [3.05, 3.63) is 53.6 Å². The fourth-order valence-electron chi connectivity index (χ4n) is 2.02. The SMILES string of the molecule is CC=Cc1ccc2c(C=CC)cccc2c1O. The zero-order valence-corrected chi connectivity index (χ0v) is 10.1. The number of hydrogen-bond donors (Lipinski definition) is 1. The van der Waals surface area contributed by atoms with Gasteiger partial charge in [-0.25, -0.2) is 0 Å². The number of hydrogen-bond acceptors (Lipinski definition) is 1. The topological polar surface area (TPSA) is 20.2 Å². The van der Waals surface area contributed by atoms with E-state index in [1.807, 2.05) is 50.3 Å². The van der Waals surface area contributed by atoms with Gasteiger partial charge in [0.25, 0.3) is 0 Å². The Kier molecular flexibility index (Phi) is 3.29. The predicted octanol–water partition coefficient (Wildman–Crippen LogP) is 4.61. The van der Waals surface area contributed by atoms with Crippen molar-refractivity contribution in [2.75, 3.05) is 0 Å². The Bertz CT molecular complexity index is 592. The van der Waals surface area contributed by atoms with Crippen LogP contribution in [0.1, 0.15) is 25.0 Å². The number of allylic oxidation sites excluding steroid dienone is 2. The van der Waals surface area contributed by atoms with E-state index in [-0.39, 0.29) is 0 Å². The molecule has 0 unspecified atom stereocenters. The number of rotatable bonds is 2. The summed E-state index contributed by atoms with van der Waals surface area (Å²) in [4.78, 5) is 0. The Labute approximate surface area is 102 Å². The minimum absolute atomic E-state index is 0.354. The fraction of sp³-hybridized carbons (Fsp3) is 0.125. The number of benzene rings is 2. The summed E-state index contributed by atoms with van der Waals surface area (Å²) >= 11 is 0. The van der Waals surface area contributed by atoms with E-state index in [9.17, 15) is 5.11 Å². The molecule has 0 aliphatic rings. The van der Waals surface area contributed by atoms with Crippen LogP contribution in [0, 0.1) is 0 Å². The molecule has 86 valence electrons. The van der Waals surface area contributed by atoms with Gasteiger partial charge in [0.15, 0.2) is 0 Å². The van der Waals surface area contributed by atoms with E-state index in [0.717, 1.165) is 21.9 Å². The van der Waals surface area contributed by atoms with Gasteiger partial charge in [-0.05, 0) is 24.8 Å². The lowest BCUT2D eigenvalue weighted by atomic mass is 10.0. The molecule has 0 saturated heterocycles. The van der Waals surface area contributed by atoms with Crippen molar-refractivity contribution in [2.45, 2.75) is 13.8 Å². The second-order valence-electron chi connectivity index (χ2n) is 3.95. The largest absolute Gasteiger partial charge is 0.507 e. The lowest BCUT2D eigenvalue weighted by molar-refractivity contribution is 0.480. The molecule has 0 amide bonds. The second-order valence-corrected chi connectivity index (χ2v) is 3.95. The minimum Gasteiger partial charge on any atom is -0.507 e. The minimum atomic E-state index is 0.354. The first kappa shape index (κ1) is 11.5. The molecule has 0 aromatic heterocycles. The Morgan fingerprint density at radius 3 is 2.24 bits per heavy atom. The van der Waals surface area contributed by atoms with Gasteiger partial charge in [-0.1, -0.05) is 54.6 Å². The summed E-state index contributed by atoms with van der Waals surface area (Å²) in [7, 11) is 0. The van der Waals surface area contributed by atoms with Crippen LogP contribution in [-0.4, -0.2) is 5.11 Å². The van der Waals surface area contributed by atoms with Crippen LogP contribution in [0.25, 0.3) is 22.9 Å². The van der Waals surface area contributed by atoms with Crippen molar-refractivity contribution in [2.24, 2.45) is 0 Å². The summed E-state index contributed by atoms with van der Waals surface area (Å²) in [6, 6.07) is 9.98. The van der Waals surface area contributed by atoms with Crippen molar-refractivity contribution in [3.8, 4) is 5.75 Å². The Hall–Kier alpha value is -2.02. The van der Waals surface area contributed by atoms with E-state index in [1.54, 1.807) is 0 Å². The first-order chi connectivity index (χ1) is 8.27. The molecule has 0 atom stereocenters. The Balaban J connectivity index is 2.75. The highest BCUT2D eigenvalue weighted by Crippen LogP contribution is 2.31. The Morgan fingerprint density at radius 1 is 0.824 bits per heavy atom. The third kappa shape index (κ3) is 2.09. The van der Waals surface area contributed by atoms with Gasteiger partial charge in [-0.15, -0.1) is 0 Å². The molecule has 2 rings (SSSR count). The van der Waals surface area contributed by atoms with Gasteiger partial charge in [0, 0.05) is 10.9 Å². The summed E-state index contributed by atoms with van der Waals surface area (Å²) in [6.07, 6.45) is 7.90. The van der Waals surface area contributed by atoms with Gasteiger partial charge in [0.05, 0.1) is 0 Å². The summed E-state index contributed by atoms with van der Waals surface area (Å²) in [6.45, 7) is 3.94. The van der Waals surface area contributed by atoms with Gasteiger partial charge in [-0.3, -0.25) is 0 Å². The molecule has 0 radical (unpaired) electrons. The van der Waals surface area contributed by atoms with Crippen LogP contribution in [0.5, 0.6) is 5.75 Å². The van der Waals surface area contributed by atoms with Crippen LogP contribution >= 0.6 is 0 Å². The van der Waals surface area contributed by atoms with E-state index in [1.165, 1.54) is 0 Å². The zero-order chi connectivity index (χ0) is 12.3. The summed E-state index contributed by atoms with van der Waals surface area (Å²) in [5, 5.41) is 12.2. The normalized spacial score (nSPS) is 11.9. The molecule has 1 nitrogen and oxygen atoms in total. The van der Waals surface area contributed by atoms with Crippen molar-refractivity contribution >= 4 is 22.9 Å². The van der Waals surface area contributed by atoms with Crippen LogP contribution in [0.3, 0.4) is 0 Å². The van der Waals surface area contributed by atoms with E-state index >= 15 is 0 Å². The molecular formula is C16H16O. The average Bonchev–Trinajstić information content (AvgIpc) is 2.34. The van der Waals surface area contributed by atoms with Crippen molar-refractivity contribution < 1.29 is 5.11 Å². The van der Waals surface area contributed by atoms with Gasteiger partial charge in [0.2, 0.25) is 0 Å². The lowest BCUT2D eigenvalue weighted by Gasteiger charge is -2.07. The van der Waals surface area contributed by atoms with Crippen LogP contribution in [0.4, 0.5) is 0 Å². The highest BCUT2D eigenvalue weighted by molar-refractivity contribution is 5.96. The van der Waals surface area contributed by atoms with Gasteiger partial charge in [-0.2, -0.15) is 0 Å². The first-order valence-corrected chi connectivity index (χ1v) is 5.78. The van der Waals surface area contributed by atoms with E-state index < -0.39 is 0 Å². The van der Waals surface area contributed by atoms with Crippen LogP contribution < -0.4 is 0 Å². The molecule has 1 heteroatoms. The molecule has 0 saturated carbocycles. The van der Waals surface area contributed by atoms with E-state index in [4.69, 9.17) is 0 Å². The number of phenolic OH excluding ortho intramolecular Hbond substituents is 1. The molecule has 17 heavy (non-hydrogen) atoms.